The highest BCUT2D eigenvalue weighted by atomic mass is 32.1. The third-order valence-corrected chi connectivity index (χ3v) is 5.91. The number of hydrogen-bond acceptors (Lipinski definition) is 6. The molecule has 3 rings (SSSR count). The summed E-state index contributed by atoms with van der Waals surface area (Å²) in [6.45, 7) is 5.83. The zero-order chi connectivity index (χ0) is 20.1. The molecule has 0 saturated heterocycles. The molecule has 0 unspecified atom stereocenters. The van der Waals surface area contributed by atoms with Crippen LogP contribution < -0.4 is 10.6 Å². The van der Waals surface area contributed by atoms with Crippen LogP contribution in [0.4, 0.5) is 10.3 Å². The Morgan fingerprint density at radius 1 is 1.14 bits per heavy atom. The first kappa shape index (κ1) is 20.4. The summed E-state index contributed by atoms with van der Waals surface area (Å²) in [4.78, 5) is 32.9. The van der Waals surface area contributed by atoms with Gasteiger partial charge in [-0.1, -0.05) is 44.6 Å². The van der Waals surface area contributed by atoms with Crippen LogP contribution in [0.5, 0.6) is 0 Å². The minimum absolute atomic E-state index is 0.0851. The molecule has 6 nitrogen and oxygen atoms in total. The van der Waals surface area contributed by atoms with E-state index < -0.39 is 0 Å². The summed E-state index contributed by atoms with van der Waals surface area (Å²) in [5.74, 6) is -0.368. The van der Waals surface area contributed by atoms with Crippen LogP contribution in [0, 0.1) is 5.92 Å². The Hall–Kier alpha value is -2.32. The van der Waals surface area contributed by atoms with E-state index in [0.717, 1.165) is 16.6 Å². The molecule has 2 N–H and O–H groups in total. The number of nitrogens with zero attached hydrogens (tertiary/aromatic N) is 2. The van der Waals surface area contributed by atoms with E-state index in [-0.39, 0.29) is 24.2 Å². The molecular formula is C20H24N4O2S2. The maximum Gasteiger partial charge on any atom is 0.232 e. The van der Waals surface area contributed by atoms with Crippen molar-refractivity contribution in [2.24, 2.45) is 5.92 Å². The second-order valence-corrected chi connectivity index (χ2v) is 8.83. The number of aryl methyl sites for hydroxylation is 1. The highest BCUT2D eigenvalue weighted by molar-refractivity contribution is 7.22. The minimum Gasteiger partial charge on any atom is -0.302 e. The van der Waals surface area contributed by atoms with Crippen LogP contribution in [0.25, 0.3) is 10.2 Å². The molecule has 0 fully saturated rings. The predicted molar refractivity (Wildman–Crippen MR) is 116 cm³/mol. The molecule has 28 heavy (non-hydrogen) atoms. The summed E-state index contributed by atoms with van der Waals surface area (Å²) in [5, 5.41) is 8.50. The van der Waals surface area contributed by atoms with Crippen molar-refractivity contribution >= 4 is 55.0 Å². The standard InChI is InChI=1S/C20H24N4O2S2/c1-4-5-6-13-7-8-15-16(9-13)28-20(22-15)23-17(25)10-14-11-27-19(21-14)24-18(26)12(2)3/h7-9,11-12H,4-6,10H2,1-3H3,(H,21,24,26)(H,22,23,25). The Bertz CT molecular complexity index is 978. The smallest absolute Gasteiger partial charge is 0.232 e. The van der Waals surface area contributed by atoms with E-state index in [1.54, 1.807) is 5.38 Å². The van der Waals surface area contributed by atoms with Crippen LogP contribution in [0.2, 0.25) is 0 Å². The molecule has 8 heteroatoms. The molecule has 0 radical (unpaired) electrons. The fraction of sp³-hybridized carbons (Fsp3) is 0.400. The van der Waals surface area contributed by atoms with Crippen molar-refractivity contribution < 1.29 is 9.59 Å². The number of aromatic nitrogens is 2. The minimum atomic E-state index is -0.169. The van der Waals surface area contributed by atoms with Crippen LogP contribution in [0.3, 0.4) is 0 Å². The highest BCUT2D eigenvalue weighted by Crippen LogP contribution is 2.27. The summed E-state index contributed by atoms with van der Waals surface area (Å²) >= 11 is 2.80. The number of benzene rings is 1. The number of unbranched alkanes of at least 4 members (excludes halogenated alkanes) is 1. The van der Waals surface area contributed by atoms with Crippen molar-refractivity contribution in [3.05, 3.63) is 34.8 Å². The third-order valence-electron chi connectivity index (χ3n) is 4.17. The summed E-state index contributed by atoms with van der Waals surface area (Å²) in [5.41, 5.74) is 2.83. The van der Waals surface area contributed by atoms with Crippen molar-refractivity contribution in [3.8, 4) is 0 Å². The molecule has 0 aliphatic carbocycles. The van der Waals surface area contributed by atoms with Gasteiger partial charge < -0.3 is 10.6 Å². The van der Waals surface area contributed by atoms with Crippen LogP contribution in [-0.4, -0.2) is 21.8 Å². The molecule has 0 spiro atoms. The van der Waals surface area contributed by atoms with Crippen molar-refractivity contribution in [3.63, 3.8) is 0 Å². The quantitative estimate of drug-likeness (QED) is 0.549. The number of anilines is 2. The number of amides is 2. The first-order valence-electron chi connectivity index (χ1n) is 9.39. The van der Waals surface area contributed by atoms with Crippen LogP contribution in [-0.2, 0) is 22.4 Å². The Morgan fingerprint density at radius 2 is 1.96 bits per heavy atom. The Balaban J connectivity index is 1.60. The Labute approximate surface area is 172 Å². The lowest BCUT2D eigenvalue weighted by molar-refractivity contribution is -0.119. The van der Waals surface area contributed by atoms with Crippen molar-refractivity contribution in [2.45, 2.75) is 46.5 Å². The first-order chi connectivity index (χ1) is 13.4. The number of carbonyl (C=O) groups excluding carboxylic acids is 2. The number of fused-ring (bicyclic) bond motifs is 1. The molecule has 2 amide bonds. The van der Waals surface area contributed by atoms with Crippen LogP contribution in [0.15, 0.2) is 23.6 Å². The van der Waals surface area contributed by atoms with Gasteiger partial charge in [-0.3, -0.25) is 9.59 Å². The van der Waals surface area contributed by atoms with Crippen LogP contribution >= 0.6 is 22.7 Å². The summed E-state index contributed by atoms with van der Waals surface area (Å²) in [6, 6.07) is 6.27. The lowest BCUT2D eigenvalue weighted by atomic mass is 10.1. The summed E-state index contributed by atoms with van der Waals surface area (Å²) in [7, 11) is 0. The van der Waals surface area contributed by atoms with Gasteiger partial charge in [0.15, 0.2) is 10.3 Å². The van der Waals surface area contributed by atoms with E-state index in [4.69, 9.17) is 0 Å². The Morgan fingerprint density at radius 3 is 2.71 bits per heavy atom. The lowest BCUT2D eigenvalue weighted by Crippen LogP contribution is -2.18. The Kier molecular flexibility index (Phi) is 6.74. The molecule has 2 heterocycles. The highest BCUT2D eigenvalue weighted by Gasteiger charge is 2.13. The number of thiazole rings is 2. The van der Waals surface area contributed by atoms with E-state index in [2.05, 4.69) is 39.7 Å². The normalized spacial score (nSPS) is 11.1. The molecule has 2 aromatic heterocycles. The summed E-state index contributed by atoms with van der Waals surface area (Å²) < 4.78 is 1.08. The third kappa shape index (κ3) is 5.36. The van der Waals surface area contributed by atoms with Gasteiger partial charge in [0.1, 0.15) is 0 Å². The van der Waals surface area contributed by atoms with Crippen molar-refractivity contribution in [1.29, 1.82) is 0 Å². The van der Waals surface area contributed by atoms with E-state index >= 15 is 0 Å². The molecule has 0 saturated carbocycles. The molecule has 3 aromatic rings. The average Bonchev–Trinajstić information content (AvgIpc) is 3.25. The van der Waals surface area contributed by atoms with Crippen molar-refractivity contribution in [2.75, 3.05) is 10.6 Å². The van der Waals surface area contributed by atoms with E-state index in [9.17, 15) is 9.59 Å². The van der Waals surface area contributed by atoms with Gasteiger partial charge in [-0.25, -0.2) is 9.97 Å². The maximum absolute atomic E-state index is 12.3. The fourth-order valence-corrected chi connectivity index (χ4v) is 4.24. The van der Waals surface area contributed by atoms with Gasteiger partial charge in [0.05, 0.1) is 22.3 Å². The van der Waals surface area contributed by atoms with E-state index in [0.29, 0.717) is 16.0 Å². The SMILES string of the molecule is CCCCc1ccc2nc(NC(=O)Cc3csc(NC(=O)C(C)C)n3)sc2c1. The van der Waals surface area contributed by atoms with Gasteiger partial charge in [0.2, 0.25) is 11.8 Å². The van der Waals surface area contributed by atoms with Crippen molar-refractivity contribution in [1.82, 2.24) is 9.97 Å². The van der Waals surface area contributed by atoms with Gasteiger partial charge in [-0.05, 0) is 30.5 Å². The number of nitrogens with one attached hydrogen (secondary N) is 2. The molecule has 0 aliphatic rings. The van der Waals surface area contributed by atoms with Gasteiger partial charge in [0, 0.05) is 11.3 Å². The van der Waals surface area contributed by atoms with Gasteiger partial charge in [0.25, 0.3) is 0 Å². The largest absolute Gasteiger partial charge is 0.302 e. The van der Waals surface area contributed by atoms with Gasteiger partial charge >= 0.3 is 0 Å². The first-order valence-corrected chi connectivity index (χ1v) is 11.1. The van der Waals surface area contributed by atoms with Gasteiger partial charge in [-0.2, -0.15) is 0 Å². The zero-order valence-corrected chi connectivity index (χ0v) is 17.9. The molecule has 0 bridgehead atoms. The zero-order valence-electron chi connectivity index (χ0n) is 16.2. The molecule has 0 aliphatic heterocycles. The molecule has 148 valence electrons. The van der Waals surface area contributed by atoms with E-state index in [1.807, 2.05) is 19.9 Å². The van der Waals surface area contributed by atoms with E-state index in [1.165, 1.54) is 41.1 Å². The van der Waals surface area contributed by atoms with Crippen LogP contribution in [0.1, 0.15) is 44.9 Å². The average molecular weight is 417 g/mol. The summed E-state index contributed by atoms with van der Waals surface area (Å²) in [6.07, 6.45) is 3.54. The predicted octanol–water partition coefficient (Wildman–Crippen LogP) is 4.87. The maximum atomic E-state index is 12.3. The number of hydrogen-bond donors (Lipinski definition) is 2. The second-order valence-electron chi connectivity index (χ2n) is 6.94. The molecular weight excluding hydrogens is 392 g/mol. The van der Waals surface area contributed by atoms with Gasteiger partial charge in [-0.15, -0.1) is 11.3 Å². The number of rotatable bonds is 8. The monoisotopic (exact) mass is 416 g/mol. The fourth-order valence-electron chi connectivity index (χ4n) is 2.58. The lowest BCUT2D eigenvalue weighted by Gasteiger charge is -2.03. The molecule has 1 aromatic carbocycles. The number of carbonyl (C=O) groups is 2. The topological polar surface area (TPSA) is 84.0 Å². The molecule has 0 atom stereocenters. The second kappa shape index (κ2) is 9.25.